The first-order valence-corrected chi connectivity index (χ1v) is 7.89. The van der Waals surface area contributed by atoms with Crippen molar-refractivity contribution in [3.63, 3.8) is 0 Å². The number of halogens is 1. The molecule has 4 nitrogen and oxygen atoms in total. The molecule has 1 saturated carbocycles. The highest BCUT2D eigenvalue weighted by Gasteiger charge is 2.48. The van der Waals surface area contributed by atoms with Gasteiger partial charge in [-0.25, -0.2) is 4.39 Å². The van der Waals surface area contributed by atoms with Crippen molar-refractivity contribution in [2.24, 2.45) is 11.8 Å². The van der Waals surface area contributed by atoms with Crippen LogP contribution in [-0.4, -0.2) is 11.8 Å². The zero-order valence-corrected chi connectivity index (χ0v) is 13.6. The molecule has 0 aromatic heterocycles. The van der Waals surface area contributed by atoms with Gasteiger partial charge < -0.3 is 10.6 Å². The number of aryl methyl sites for hydroxylation is 1. The van der Waals surface area contributed by atoms with Crippen molar-refractivity contribution in [1.29, 1.82) is 0 Å². The molecule has 5 heteroatoms. The summed E-state index contributed by atoms with van der Waals surface area (Å²) < 4.78 is 13.1. The molecule has 1 aliphatic rings. The van der Waals surface area contributed by atoms with Gasteiger partial charge in [0.2, 0.25) is 11.8 Å². The second kappa shape index (κ2) is 6.43. The SMILES string of the molecule is Cc1cccc(NC(=O)C2CC2C(=O)Nc2cccc(F)c2)c1C. The Kier molecular flexibility index (Phi) is 4.34. The Morgan fingerprint density at radius 2 is 1.67 bits per heavy atom. The van der Waals surface area contributed by atoms with Gasteiger partial charge in [-0.15, -0.1) is 0 Å². The number of carbonyl (C=O) groups excluding carboxylic acids is 2. The van der Waals surface area contributed by atoms with Crippen molar-refractivity contribution in [1.82, 2.24) is 0 Å². The number of benzene rings is 2. The summed E-state index contributed by atoms with van der Waals surface area (Å²) in [5.74, 6) is -1.51. The molecule has 2 N–H and O–H groups in total. The molecular weight excluding hydrogens is 307 g/mol. The van der Waals surface area contributed by atoms with E-state index in [4.69, 9.17) is 0 Å². The predicted molar refractivity (Wildman–Crippen MR) is 91.2 cm³/mol. The van der Waals surface area contributed by atoms with Gasteiger partial charge in [0.15, 0.2) is 0 Å². The van der Waals surface area contributed by atoms with Gasteiger partial charge in [-0.1, -0.05) is 18.2 Å². The first kappa shape index (κ1) is 16.2. The van der Waals surface area contributed by atoms with Gasteiger partial charge in [0, 0.05) is 11.4 Å². The van der Waals surface area contributed by atoms with Gasteiger partial charge in [0.05, 0.1) is 11.8 Å². The Bertz CT molecular complexity index is 804. The molecule has 2 aromatic rings. The lowest BCUT2D eigenvalue weighted by molar-refractivity contribution is -0.122. The van der Waals surface area contributed by atoms with Crippen molar-refractivity contribution in [3.8, 4) is 0 Å². The van der Waals surface area contributed by atoms with Crippen molar-refractivity contribution in [2.75, 3.05) is 10.6 Å². The van der Waals surface area contributed by atoms with Gasteiger partial charge in [-0.2, -0.15) is 0 Å². The standard InChI is InChI=1S/C19H19FN2O2/c1-11-5-3-8-17(12(11)2)22-19(24)16-10-15(16)18(23)21-14-7-4-6-13(20)9-14/h3-9,15-16H,10H2,1-2H3,(H,21,23)(H,22,24). The molecule has 124 valence electrons. The lowest BCUT2D eigenvalue weighted by atomic mass is 10.1. The topological polar surface area (TPSA) is 58.2 Å². The van der Waals surface area contributed by atoms with Crippen molar-refractivity contribution >= 4 is 23.2 Å². The zero-order chi connectivity index (χ0) is 17.3. The fraction of sp³-hybridized carbons (Fsp3) is 0.263. The maximum Gasteiger partial charge on any atom is 0.228 e. The lowest BCUT2D eigenvalue weighted by Gasteiger charge is -2.10. The summed E-state index contributed by atoms with van der Waals surface area (Å²) in [6.45, 7) is 3.93. The molecule has 0 bridgehead atoms. The van der Waals surface area contributed by atoms with Crippen LogP contribution >= 0.6 is 0 Å². The summed E-state index contributed by atoms with van der Waals surface area (Å²) in [6.07, 6.45) is 0.512. The highest BCUT2D eigenvalue weighted by Crippen LogP contribution is 2.40. The Morgan fingerprint density at radius 3 is 2.38 bits per heavy atom. The largest absolute Gasteiger partial charge is 0.326 e. The lowest BCUT2D eigenvalue weighted by Crippen LogP contribution is -2.21. The maximum atomic E-state index is 13.1. The first-order valence-electron chi connectivity index (χ1n) is 7.89. The molecule has 2 amide bonds. The number of amides is 2. The highest BCUT2D eigenvalue weighted by atomic mass is 19.1. The van der Waals surface area contributed by atoms with E-state index in [-0.39, 0.29) is 23.7 Å². The average molecular weight is 326 g/mol. The third-order valence-corrected chi connectivity index (χ3v) is 4.42. The van der Waals surface area contributed by atoms with Crippen LogP contribution in [0.5, 0.6) is 0 Å². The summed E-state index contributed by atoms with van der Waals surface area (Å²) in [6, 6.07) is 11.4. The molecule has 24 heavy (non-hydrogen) atoms. The molecule has 1 aliphatic carbocycles. The minimum atomic E-state index is -0.409. The van der Waals surface area contributed by atoms with E-state index in [0.717, 1.165) is 16.8 Å². The van der Waals surface area contributed by atoms with Gasteiger partial charge in [-0.05, 0) is 55.7 Å². The van der Waals surface area contributed by atoms with E-state index in [0.29, 0.717) is 12.1 Å². The fourth-order valence-corrected chi connectivity index (χ4v) is 2.69. The minimum Gasteiger partial charge on any atom is -0.326 e. The summed E-state index contributed by atoms with van der Waals surface area (Å²) in [5, 5.41) is 5.55. The summed E-state index contributed by atoms with van der Waals surface area (Å²) in [4.78, 5) is 24.5. The van der Waals surface area contributed by atoms with Crippen LogP contribution in [0.15, 0.2) is 42.5 Å². The Hall–Kier alpha value is -2.69. The van der Waals surface area contributed by atoms with Gasteiger partial charge >= 0.3 is 0 Å². The van der Waals surface area contributed by atoms with Crippen LogP contribution in [-0.2, 0) is 9.59 Å². The van der Waals surface area contributed by atoms with E-state index in [1.165, 1.54) is 18.2 Å². The quantitative estimate of drug-likeness (QED) is 0.901. The Labute approximate surface area is 140 Å². The molecule has 0 aliphatic heterocycles. The number of carbonyl (C=O) groups is 2. The van der Waals surface area contributed by atoms with Gasteiger partial charge in [0.1, 0.15) is 5.82 Å². The van der Waals surface area contributed by atoms with E-state index in [9.17, 15) is 14.0 Å². The Morgan fingerprint density at radius 1 is 1.00 bits per heavy atom. The van der Waals surface area contributed by atoms with Crippen LogP contribution in [0.25, 0.3) is 0 Å². The average Bonchev–Trinajstić information content (AvgIpc) is 3.32. The van der Waals surface area contributed by atoms with E-state index >= 15 is 0 Å². The zero-order valence-electron chi connectivity index (χ0n) is 13.6. The molecular formula is C19H19FN2O2. The normalized spacial score (nSPS) is 18.8. The molecule has 0 radical (unpaired) electrons. The van der Waals surface area contributed by atoms with E-state index in [1.54, 1.807) is 6.07 Å². The number of rotatable bonds is 4. The molecule has 3 rings (SSSR count). The van der Waals surface area contributed by atoms with Gasteiger partial charge in [0.25, 0.3) is 0 Å². The van der Waals surface area contributed by atoms with E-state index in [1.807, 2.05) is 32.0 Å². The highest BCUT2D eigenvalue weighted by molar-refractivity contribution is 6.03. The number of nitrogens with one attached hydrogen (secondary N) is 2. The number of anilines is 2. The molecule has 2 aromatic carbocycles. The third kappa shape index (κ3) is 3.45. The van der Waals surface area contributed by atoms with Crippen molar-refractivity contribution < 1.29 is 14.0 Å². The van der Waals surface area contributed by atoms with Crippen molar-refractivity contribution in [2.45, 2.75) is 20.3 Å². The number of hydrogen-bond acceptors (Lipinski definition) is 2. The van der Waals surface area contributed by atoms with Crippen LogP contribution in [0.1, 0.15) is 17.5 Å². The number of hydrogen-bond donors (Lipinski definition) is 2. The molecule has 0 heterocycles. The van der Waals surface area contributed by atoms with Crippen LogP contribution in [0.3, 0.4) is 0 Å². The van der Waals surface area contributed by atoms with Crippen LogP contribution in [0, 0.1) is 31.5 Å². The van der Waals surface area contributed by atoms with Crippen LogP contribution in [0.4, 0.5) is 15.8 Å². The second-order valence-electron chi connectivity index (χ2n) is 6.19. The second-order valence-corrected chi connectivity index (χ2v) is 6.19. The summed E-state index contributed by atoms with van der Waals surface area (Å²) in [7, 11) is 0. The van der Waals surface area contributed by atoms with Crippen LogP contribution < -0.4 is 10.6 Å². The summed E-state index contributed by atoms with van der Waals surface area (Å²) in [5.41, 5.74) is 3.30. The molecule has 1 fully saturated rings. The Balaban J connectivity index is 1.59. The van der Waals surface area contributed by atoms with E-state index in [2.05, 4.69) is 10.6 Å². The van der Waals surface area contributed by atoms with E-state index < -0.39 is 5.82 Å². The van der Waals surface area contributed by atoms with Crippen molar-refractivity contribution in [3.05, 3.63) is 59.4 Å². The summed E-state index contributed by atoms with van der Waals surface area (Å²) >= 11 is 0. The smallest absolute Gasteiger partial charge is 0.228 e. The van der Waals surface area contributed by atoms with Gasteiger partial charge in [-0.3, -0.25) is 9.59 Å². The predicted octanol–water partition coefficient (Wildman–Crippen LogP) is 3.66. The molecule has 2 atom stereocenters. The molecule has 0 saturated heterocycles. The fourth-order valence-electron chi connectivity index (χ4n) is 2.69. The molecule has 2 unspecified atom stereocenters. The molecule has 0 spiro atoms. The monoisotopic (exact) mass is 326 g/mol. The van der Waals surface area contributed by atoms with Crippen LogP contribution in [0.2, 0.25) is 0 Å². The maximum absolute atomic E-state index is 13.1. The minimum absolute atomic E-state index is 0.150. The first-order chi connectivity index (χ1) is 11.5. The third-order valence-electron chi connectivity index (χ3n) is 4.42.